The minimum absolute atomic E-state index is 0.0396. The molecule has 0 unspecified atom stereocenters. The molecule has 3 aromatic heterocycles. The molecule has 0 bridgehead atoms. The molecule has 4 heterocycles. The molecule has 0 spiro atoms. The van der Waals surface area contributed by atoms with Gasteiger partial charge in [0.2, 0.25) is 0 Å². The number of rotatable bonds is 6. The Balaban J connectivity index is 1.29. The molecule has 1 aliphatic rings. The van der Waals surface area contributed by atoms with Crippen molar-refractivity contribution in [3.05, 3.63) is 60.3 Å². The van der Waals surface area contributed by atoms with Crippen LogP contribution in [0.4, 0.5) is 0 Å². The first-order chi connectivity index (χ1) is 16.0. The normalized spacial score (nSPS) is 15.5. The molecule has 170 valence electrons. The Kier molecular flexibility index (Phi) is 5.76. The smallest absolute Gasteiger partial charge is 0.171 e. The maximum atomic E-state index is 13.0. The van der Waals surface area contributed by atoms with E-state index in [0.29, 0.717) is 17.6 Å². The fourth-order valence-corrected chi connectivity index (χ4v) is 4.54. The number of likely N-dealkylation sites (tertiary alicyclic amines) is 1. The zero-order chi connectivity index (χ0) is 22.9. The van der Waals surface area contributed by atoms with Crippen molar-refractivity contribution < 1.29 is 4.79 Å². The summed E-state index contributed by atoms with van der Waals surface area (Å²) in [6, 6.07) is 9.02. The summed E-state index contributed by atoms with van der Waals surface area (Å²) in [4.78, 5) is 20.0. The number of Topliss-reactive ketones (excluding diaryl/α,β-unsaturated/α-hetero) is 1. The minimum Gasteiger partial charge on any atom is -0.301 e. The summed E-state index contributed by atoms with van der Waals surface area (Å²) in [5.41, 5.74) is 3.21. The van der Waals surface area contributed by atoms with Crippen LogP contribution in [0.2, 0.25) is 0 Å². The highest BCUT2D eigenvalue weighted by molar-refractivity contribution is 5.97. The number of carbonyl (C=O) groups is 1. The number of fused-ring (bicyclic) bond motifs is 1. The number of piperidine rings is 1. The fraction of sp³-hybridized carbons (Fsp3) is 0.400. The fourth-order valence-electron chi connectivity index (χ4n) is 4.54. The number of aryl methyl sites for hydroxylation is 1. The lowest BCUT2D eigenvalue weighted by Crippen LogP contribution is -2.39. The molecule has 1 fully saturated rings. The van der Waals surface area contributed by atoms with Crippen LogP contribution in [0.25, 0.3) is 22.0 Å². The number of carbonyl (C=O) groups excluding carboxylic acids is 1. The lowest BCUT2D eigenvalue weighted by Gasteiger charge is -2.34. The van der Waals surface area contributed by atoms with Crippen LogP contribution in [0.1, 0.15) is 48.8 Å². The van der Waals surface area contributed by atoms with Crippen LogP contribution in [0.3, 0.4) is 0 Å². The van der Waals surface area contributed by atoms with Crippen LogP contribution in [0.5, 0.6) is 0 Å². The highest BCUT2D eigenvalue weighted by Crippen LogP contribution is 2.25. The van der Waals surface area contributed by atoms with Crippen molar-refractivity contribution in [1.29, 1.82) is 0 Å². The summed E-state index contributed by atoms with van der Waals surface area (Å²) in [7, 11) is 1.85. The van der Waals surface area contributed by atoms with Crippen LogP contribution in [-0.4, -0.2) is 59.6 Å². The molecule has 8 nitrogen and oxygen atoms in total. The number of pyridine rings is 1. The minimum atomic E-state index is 0.0396. The Morgan fingerprint density at radius 1 is 1.09 bits per heavy atom. The summed E-state index contributed by atoms with van der Waals surface area (Å²) in [6.45, 7) is 6.62. The number of hydrogen-bond acceptors (Lipinski definition) is 6. The van der Waals surface area contributed by atoms with Crippen molar-refractivity contribution in [1.82, 2.24) is 34.7 Å². The molecule has 5 rings (SSSR count). The molecule has 0 radical (unpaired) electrons. The van der Waals surface area contributed by atoms with Crippen LogP contribution >= 0.6 is 0 Å². The zero-order valence-electron chi connectivity index (χ0n) is 19.3. The molecule has 1 aromatic carbocycles. The predicted octanol–water partition coefficient (Wildman–Crippen LogP) is 3.70. The SMILES string of the molecule is CC(C)N1CCC(n2cc(C(=O)Cc3cc4cc(-c5cn(C)nn5)ccc4cn3)cn2)CC1. The number of benzene rings is 1. The first-order valence-corrected chi connectivity index (χ1v) is 11.5. The lowest BCUT2D eigenvalue weighted by molar-refractivity contribution is 0.0991. The summed E-state index contributed by atoms with van der Waals surface area (Å²) >= 11 is 0. The van der Waals surface area contributed by atoms with Gasteiger partial charge in [0, 0.05) is 55.2 Å². The van der Waals surface area contributed by atoms with Crippen LogP contribution < -0.4 is 0 Å². The molecule has 0 N–H and O–H groups in total. The van der Waals surface area contributed by atoms with Crippen molar-refractivity contribution >= 4 is 16.6 Å². The van der Waals surface area contributed by atoms with E-state index in [9.17, 15) is 4.79 Å². The maximum absolute atomic E-state index is 13.0. The highest BCUT2D eigenvalue weighted by atomic mass is 16.1. The second-order valence-corrected chi connectivity index (χ2v) is 9.18. The van der Waals surface area contributed by atoms with E-state index >= 15 is 0 Å². The first kappa shape index (κ1) is 21.5. The lowest BCUT2D eigenvalue weighted by atomic mass is 10.0. The second-order valence-electron chi connectivity index (χ2n) is 9.18. The van der Waals surface area contributed by atoms with E-state index in [-0.39, 0.29) is 12.2 Å². The van der Waals surface area contributed by atoms with Gasteiger partial charge < -0.3 is 4.90 Å². The molecule has 33 heavy (non-hydrogen) atoms. The molecular weight excluding hydrogens is 414 g/mol. The monoisotopic (exact) mass is 443 g/mol. The van der Waals surface area contributed by atoms with E-state index in [1.165, 1.54) is 0 Å². The predicted molar refractivity (Wildman–Crippen MR) is 127 cm³/mol. The van der Waals surface area contributed by atoms with E-state index in [0.717, 1.165) is 53.7 Å². The average Bonchev–Trinajstić information content (AvgIpc) is 3.48. The summed E-state index contributed by atoms with van der Waals surface area (Å²) in [6.07, 6.45) is 9.70. The average molecular weight is 444 g/mol. The molecule has 0 atom stereocenters. The van der Waals surface area contributed by atoms with Gasteiger partial charge >= 0.3 is 0 Å². The van der Waals surface area contributed by atoms with E-state index in [4.69, 9.17) is 0 Å². The number of aromatic nitrogens is 6. The van der Waals surface area contributed by atoms with E-state index < -0.39 is 0 Å². The largest absolute Gasteiger partial charge is 0.301 e. The van der Waals surface area contributed by atoms with Crippen molar-refractivity contribution in [3.63, 3.8) is 0 Å². The van der Waals surface area contributed by atoms with Crippen molar-refractivity contribution in [2.24, 2.45) is 7.05 Å². The Morgan fingerprint density at radius 3 is 2.64 bits per heavy atom. The Morgan fingerprint density at radius 2 is 1.91 bits per heavy atom. The zero-order valence-corrected chi connectivity index (χ0v) is 19.3. The molecule has 1 saturated heterocycles. The molecule has 8 heteroatoms. The Bertz CT molecular complexity index is 1280. The van der Waals surface area contributed by atoms with E-state index in [1.54, 1.807) is 10.9 Å². The molecule has 0 saturated carbocycles. The van der Waals surface area contributed by atoms with Crippen LogP contribution in [-0.2, 0) is 13.5 Å². The van der Waals surface area contributed by atoms with Gasteiger partial charge in [-0.05, 0) is 44.2 Å². The summed E-state index contributed by atoms with van der Waals surface area (Å²) in [5.74, 6) is 0.0396. The summed E-state index contributed by atoms with van der Waals surface area (Å²) in [5, 5.41) is 14.8. The third kappa shape index (κ3) is 4.57. The van der Waals surface area contributed by atoms with Crippen molar-refractivity contribution in [3.8, 4) is 11.3 Å². The van der Waals surface area contributed by atoms with Gasteiger partial charge in [-0.1, -0.05) is 17.3 Å². The van der Waals surface area contributed by atoms with Crippen molar-refractivity contribution in [2.45, 2.75) is 45.2 Å². The number of ketones is 1. The maximum Gasteiger partial charge on any atom is 0.171 e. The summed E-state index contributed by atoms with van der Waals surface area (Å²) < 4.78 is 3.66. The molecule has 0 amide bonds. The standard InChI is InChI=1S/C25H29N7O/c1-17(2)31-8-6-23(7-9-31)32-15-21(14-27-32)25(33)12-22-11-20-10-18(4-5-19(20)13-26-22)24-16-30(3)29-28-24/h4-5,10-11,13-17,23H,6-9,12H2,1-3H3. The van der Waals surface area contributed by atoms with Crippen LogP contribution in [0, 0.1) is 0 Å². The Hall–Kier alpha value is -3.39. The van der Waals surface area contributed by atoms with Gasteiger partial charge in [-0.15, -0.1) is 5.10 Å². The van der Waals surface area contributed by atoms with E-state index in [1.807, 2.05) is 48.5 Å². The number of nitrogens with zero attached hydrogens (tertiary/aromatic N) is 7. The van der Waals surface area contributed by atoms with Gasteiger partial charge in [-0.25, -0.2) is 0 Å². The van der Waals surface area contributed by atoms with Gasteiger partial charge in [0.05, 0.1) is 30.4 Å². The molecule has 1 aliphatic heterocycles. The van der Waals surface area contributed by atoms with Gasteiger partial charge in [0.25, 0.3) is 0 Å². The molecule has 0 aliphatic carbocycles. The Labute approximate surface area is 193 Å². The van der Waals surface area contributed by atoms with Gasteiger partial charge in [0.1, 0.15) is 5.69 Å². The van der Waals surface area contributed by atoms with Gasteiger partial charge in [-0.3, -0.25) is 19.1 Å². The first-order valence-electron chi connectivity index (χ1n) is 11.5. The quantitative estimate of drug-likeness (QED) is 0.423. The topological polar surface area (TPSA) is 81.7 Å². The van der Waals surface area contributed by atoms with Gasteiger partial charge in [0.15, 0.2) is 5.78 Å². The third-order valence-electron chi connectivity index (χ3n) is 6.55. The highest BCUT2D eigenvalue weighted by Gasteiger charge is 2.23. The second kappa shape index (κ2) is 8.86. The molecule has 4 aromatic rings. The van der Waals surface area contributed by atoms with Crippen LogP contribution in [0.15, 0.2) is 49.1 Å². The van der Waals surface area contributed by atoms with Crippen molar-refractivity contribution in [2.75, 3.05) is 13.1 Å². The number of hydrogen-bond donors (Lipinski definition) is 0. The van der Waals surface area contributed by atoms with Gasteiger partial charge in [-0.2, -0.15) is 5.10 Å². The molecular formula is C25H29N7O. The third-order valence-corrected chi connectivity index (χ3v) is 6.55. The van der Waals surface area contributed by atoms with E-state index in [2.05, 4.69) is 45.2 Å².